The van der Waals surface area contributed by atoms with Crippen LogP contribution in [0.5, 0.6) is 5.75 Å². The summed E-state index contributed by atoms with van der Waals surface area (Å²) in [6.45, 7) is 3.72. The lowest BCUT2D eigenvalue weighted by Gasteiger charge is -2.17. The minimum Gasteiger partial charge on any atom is -0.473 e. The van der Waals surface area contributed by atoms with Gasteiger partial charge in [0, 0.05) is 54.3 Å². The number of benzene rings is 5. The average molecular weight is 1010 g/mol. The first-order chi connectivity index (χ1) is 30.3. The van der Waals surface area contributed by atoms with E-state index in [-0.39, 0.29) is 49.7 Å². The van der Waals surface area contributed by atoms with E-state index >= 15 is 0 Å². The van der Waals surface area contributed by atoms with E-state index in [4.69, 9.17) is 85.9 Å². The van der Waals surface area contributed by atoms with Crippen molar-refractivity contribution >= 4 is 151 Å². The zero-order chi connectivity index (χ0) is 46.8. The molecule has 0 fully saturated rings. The van der Waals surface area contributed by atoms with Crippen molar-refractivity contribution in [1.82, 2.24) is 0 Å². The third-order valence-corrected chi connectivity index (χ3v) is 9.88. The molecule has 0 aliphatic heterocycles. The van der Waals surface area contributed by atoms with E-state index in [9.17, 15) is 28.8 Å². The molecule has 0 saturated heterocycles. The molecule has 22 heteroatoms. The predicted molar refractivity (Wildman–Crippen MR) is 249 cm³/mol. The maximum Gasteiger partial charge on any atom is 0.258 e. The molecule has 0 saturated carbocycles. The molecule has 0 aliphatic carbocycles. The number of nitrogens with one attached hydrogen (secondary N) is 4. The Morgan fingerprint density at radius 3 is 1.34 bits per heavy atom. The molecule has 0 aromatic heterocycles. The van der Waals surface area contributed by atoms with Crippen LogP contribution >= 0.6 is 81.2 Å². The van der Waals surface area contributed by atoms with Crippen molar-refractivity contribution in [3.63, 3.8) is 0 Å². The molecule has 5 rings (SSSR count). The molecule has 0 heterocycles. The number of ketones is 2. The van der Waals surface area contributed by atoms with Gasteiger partial charge in [-0.3, -0.25) is 28.8 Å². The van der Waals surface area contributed by atoms with E-state index in [1.165, 1.54) is 97.9 Å². The summed E-state index contributed by atoms with van der Waals surface area (Å²) < 4.78 is 5.67. The summed E-state index contributed by atoms with van der Waals surface area (Å²) in [5.41, 5.74) is -0.0394. The van der Waals surface area contributed by atoms with Gasteiger partial charge < -0.3 is 26.0 Å². The number of nitrogens with zero attached hydrogens (tertiary/aromatic N) is 4. The first-order valence-electron chi connectivity index (χ1n) is 18.3. The zero-order valence-corrected chi connectivity index (χ0v) is 38.5. The summed E-state index contributed by atoms with van der Waals surface area (Å²) in [7, 11) is 0. The second-order valence-corrected chi connectivity index (χ2v) is 16.5. The first-order valence-corrected chi connectivity index (χ1v) is 21.0. The zero-order valence-electron chi connectivity index (χ0n) is 33.2. The van der Waals surface area contributed by atoms with Crippen LogP contribution in [0.1, 0.15) is 41.5 Å². The summed E-state index contributed by atoms with van der Waals surface area (Å²) in [6, 6.07) is 17.8. The van der Waals surface area contributed by atoms with Gasteiger partial charge in [0.25, 0.3) is 23.6 Å². The van der Waals surface area contributed by atoms with Gasteiger partial charge in [-0.15, -0.1) is 0 Å². The van der Waals surface area contributed by atoms with Crippen LogP contribution in [0.3, 0.4) is 0 Å². The third kappa shape index (κ3) is 13.9. The third-order valence-electron chi connectivity index (χ3n) is 8.28. The fourth-order valence-corrected chi connectivity index (χ4v) is 6.84. The molecule has 330 valence electrons. The molecular weight excluding hydrogens is 977 g/mol. The van der Waals surface area contributed by atoms with Crippen molar-refractivity contribution in [1.29, 1.82) is 0 Å². The van der Waals surface area contributed by atoms with Crippen LogP contribution in [0.4, 0.5) is 34.1 Å². The van der Waals surface area contributed by atoms with E-state index in [0.29, 0.717) is 31.5 Å². The summed E-state index contributed by atoms with van der Waals surface area (Å²) in [5.74, 6) is -4.42. The Kier molecular flexibility index (Phi) is 17.2. The van der Waals surface area contributed by atoms with Crippen LogP contribution in [-0.2, 0) is 19.2 Å². The van der Waals surface area contributed by atoms with E-state index in [1.807, 2.05) is 0 Å². The summed E-state index contributed by atoms with van der Waals surface area (Å²) >= 11 is 42.9. The Bertz CT molecular complexity index is 2690. The molecule has 5 aromatic carbocycles. The van der Waals surface area contributed by atoms with E-state index in [0.717, 1.165) is 13.8 Å². The largest absolute Gasteiger partial charge is 0.473 e. The lowest BCUT2D eigenvalue weighted by molar-refractivity contribution is -0.127. The second kappa shape index (κ2) is 22.3. The Labute approximate surface area is 399 Å². The lowest BCUT2D eigenvalue weighted by atomic mass is 10.1. The summed E-state index contributed by atoms with van der Waals surface area (Å²) in [5, 5.41) is 27.6. The number of hydrogen-bond donors (Lipinski definition) is 4. The van der Waals surface area contributed by atoms with Crippen LogP contribution in [0, 0.1) is 0 Å². The van der Waals surface area contributed by atoms with Crippen LogP contribution in [0.2, 0.25) is 30.1 Å². The standard InChI is InChI=1S/C42H31Cl7N8O7/c1-19(58)37(56-54-34-10-22(4-7-31(34)48)39(60)51-29-14-24(44)12-25(45)15-29)41(62)50-28-6-9-33(36(18-28)64-21(3)43)53-42(63)38(20(2)59)57-55-35-11-23(5-8-32(35)49)40(61)52-30-16-26(46)13-27(47)17-30/h4-18,21,37-38H,1-3H3,(H,50,62)(H,51,60)(H,52,61)(H,53,63). The van der Waals surface area contributed by atoms with Crippen molar-refractivity contribution in [2.75, 3.05) is 21.3 Å². The normalized spacial score (nSPS) is 12.6. The highest BCUT2D eigenvalue weighted by Crippen LogP contribution is 2.33. The van der Waals surface area contributed by atoms with Gasteiger partial charge in [-0.25, -0.2) is 0 Å². The van der Waals surface area contributed by atoms with Crippen molar-refractivity contribution in [3.05, 3.63) is 132 Å². The van der Waals surface area contributed by atoms with Gasteiger partial charge in [0.15, 0.2) is 17.1 Å². The Morgan fingerprint density at radius 1 is 0.516 bits per heavy atom. The van der Waals surface area contributed by atoms with E-state index < -0.39 is 52.8 Å². The maximum absolute atomic E-state index is 13.5. The molecule has 4 amide bonds. The minimum absolute atomic E-state index is 0.00888. The molecule has 0 aliphatic rings. The number of hydrogen-bond acceptors (Lipinski definition) is 11. The first kappa shape index (κ1) is 49.4. The van der Waals surface area contributed by atoms with E-state index in [1.54, 1.807) is 0 Å². The topological polar surface area (TPSA) is 209 Å². The van der Waals surface area contributed by atoms with Crippen molar-refractivity contribution < 1.29 is 33.5 Å². The highest BCUT2D eigenvalue weighted by molar-refractivity contribution is 6.36. The van der Waals surface area contributed by atoms with Gasteiger partial charge in [0.1, 0.15) is 17.1 Å². The van der Waals surface area contributed by atoms with E-state index in [2.05, 4.69) is 41.7 Å². The minimum atomic E-state index is -1.70. The highest BCUT2D eigenvalue weighted by Gasteiger charge is 2.27. The molecular formula is C42H31Cl7N8O7. The smallest absolute Gasteiger partial charge is 0.258 e. The Balaban J connectivity index is 1.30. The fraction of sp³-hybridized carbons (Fsp3) is 0.143. The number of azo groups is 2. The van der Waals surface area contributed by atoms with Crippen LogP contribution in [-0.4, -0.2) is 52.8 Å². The molecule has 0 radical (unpaired) electrons. The summed E-state index contributed by atoms with van der Waals surface area (Å²) in [6.07, 6.45) is 0. The number of alkyl halides is 1. The van der Waals surface area contributed by atoms with Crippen molar-refractivity contribution in [3.8, 4) is 5.75 Å². The summed E-state index contributed by atoms with van der Waals surface area (Å²) in [4.78, 5) is 78.1. The van der Waals surface area contributed by atoms with Crippen molar-refractivity contribution in [2.24, 2.45) is 20.5 Å². The number of ether oxygens (including phenoxy) is 1. The number of Topliss-reactive ketones (excluding diaryl/α,β-unsaturated/α-hetero) is 2. The Morgan fingerprint density at radius 2 is 0.938 bits per heavy atom. The molecule has 3 unspecified atom stereocenters. The molecule has 64 heavy (non-hydrogen) atoms. The quantitative estimate of drug-likeness (QED) is 0.0426. The highest BCUT2D eigenvalue weighted by atomic mass is 35.5. The SMILES string of the molecule is CC(=O)C(N=Nc1cc(C(=O)Nc2cc(Cl)cc(Cl)c2)ccc1Cl)C(=O)Nc1ccc(NC(=O)C(N=Nc2cc(C(=O)Nc3cc(Cl)cc(Cl)c3)ccc2Cl)C(C)=O)c(OC(C)Cl)c1. The number of anilines is 4. The van der Waals surface area contributed by atoms with Gasteiger partial charge >= 0.3 is 0 Å². The monoisotopic (exact) mass is 1000 g/mol. The number of carbonyl (C=O) groups is 6. The second-order valence-electron chi connectivity index (χ2n) is 13.4. The molecule has 0 spiro atoms. The number of rotatable bonds is 16. The number of halogens is 7. The predicted octanol–water partition coefficient (Wildman–Crippen LogP) is 12.4. The van der Waals surface area contributed by atoms with Gasteiger partial charge in [-0.2, -0.15) is 20.5 Å². The van der Waals surface area contributed by atoms with Crippen molar-refractivity contribution in [2.45, 2.75) is 38.4 Å². The van der Waals surface area contributed by atoms with Crippen LogP contribution in [0.15, 0.2) is 111 Å². The molecule has 4 N–H and O–H groups in total. The Hall–Kier alpha value is -5.65. The van der Waals surface area contributed by atoms with Gasteiger partial charge in [-0.05, 0) is 106 Å². The lowest BCUT2D eigenvalue weighted by Crippen LogP contribution is -2.32. The molecule has 0 bridgehead atoms. The molecule has 5 aromatic rings. The fourth-order valence-electron chi connectivity index (χ4n) is 5.38. The molecule has 15 nitrogen and oxygen atoms in total. The number of amides is 4. The van der Waals surface area contributed by atoms with Crippen LogP contribution in [0.25, 0.3) is 0 Å². The van der Waals surface area contributed by atoms with Gasteiger partial charge in [0.05, 0.1) is 15.7 Å². The van der Waals surface area contributed by atoms with Gasteiger partial charge in [0.2, 0.25) is 12.1 Å². The number of carbonyl (C=O) groups excluding carboxylic acids is 6. The van der Waals surface area contributed by atoms with Crippen LogP contribution < -0.4 is 26.0 Å². The average Bonchev–Trinajstić information content (AvgIpc) is 3.19. The molecule has 3 atom stereocenters. The maximum atomic E-state index is 13.5. The van der Waals surface area contributed by atoms with Gasteiger partial charge in [-0.1, -0.05) is 81.2 Å².